The summed E-state index contributed by atoms with van der Waals surface area (Å²) in [5.74, 6) is 1.07. The van der Waals surface area contributed by atoms with Gasteiger partial charge in [-0.05, 0) is 59.9 Å². The fourth-order valence-corrected chi connectivity index (χ4v) is 5.98. The lowest BCUT2D eigenvalue weighted by Crippen LogP contribution is -2.36. The zero-order valence-corrected chi connectivity index (χ0v) is 18.4. The van der Waals surface area contributed by atoms with Gasteiger partial charge < -0.3 is 5.32 Å². The van der Waals surface area contributed by atoms with Crippen LogP contribution in [0.2, 0.25) is 5.02 Å². The molecule has 0 radical (unpaired) electrons. The Kier molecular flexibility index (Phi) is 5.42. The van der Waals surface area contributed by atoms with Gasteiger partial charge in [0, 0.05) is 34.0 Å². The van der Waals surface area contributed by atoms with E-state index in [1.807, 2.05) is 17.8 Å². The number of hydrogen-bond acceptors (Lipinski definition) is 5. The molecule has 0 saturated carbocycles. The summed E-state index contributed by atoms with van der Waals surface area (Å²) in [6.45, 7) is 0.172. The molecular formula is C21H24ClNO3S2. The van der Waals surface area contributed by atoms with E-state index in [0.717, 1.165) is 29.9 Å². The van der Waals surface area contributed by atoms with Gasteiger partial charge in [-0.25, -0.2) is 0 Å². The number of thioether (sulfide) groups is 1. The molecule has 2 aliphatic carbocycles. The highest BCUT2D eigenvalue weighted by atomic mass is 35.5. The molecule has 3 aliphatic rings. The maximum Gasteiger partial charge on any atom is 0.264 e. The van der Waals surface area contributed by atoms with Crippen LogP contribution >= 0.6 is 23.4 Å². The summed E-state index contributed by atoms with van der Waals surface area (Å²) in [6, 6.07) is 6.07. The first-order valence-corrected chi connectivity index (χ1v) is 12.9. The van der Waals surface area contributed by atoms with Crippen molar-refractivity contribution in [3.63, 3.8) is 0 Å². The van der Waals surface area contributed by atoms with E-state index in [1.165, 1.54) is 28.0 Å². The lowest BCUT2D eigenvalue weighted by atomic mass is 9.60. The van der Waals surface area contributed by atoms with Gasteiger partial charge in [-0.3, -0.25) is 4.18 Å². The molecule has 0 fully saturated rings. The summed E-state index contributed by atoms with van der Waals surface area (Å²) in [5.41, 5.74) is 6.34. The van der Waals surface area contributed by atoms with Gasteiger partial charge in [0.15, 0.2) is 0 Å². The molecule has 0 amide bonds. The zero-order chi connectivity index (χ0) is 19.9. The molecule has 28 heavy (non-hydrogen) atoms. The summed E-state index contributed by atoms with van der Waals surface area (Å²) >= 11 is 8.14. The fourth-order valence-electron chi connectivity index (χ4n) is 4.84. The van der Waals surface area contributed by atoms with Gasteiger partial charge in [0.2, 0.25) is 0 Å². The Labute approximate surface area is 176 Å². The Hall–Kier alpha value is -1.21. The van der Waals surface area contributed by atoms with Crippen LogP contribution in [-0.4, -0.2) is 33.3 Å². The maximum atomic E-state index is 11.4. The molecular weight excluding hydrogens is 414 g/mol. The highest BCUT2D eigenvalue weighted by Crippen LogP contribution is 2.57. The number of halogens is 1. The SMILES string of the molecule is CSCC1=C2NC=C3C(CCOS(C)(=O)=O)c4ccc(Cl)cc4CC32CC=C1. The molecule has 1 aromatic carbocycles. The molecule has 0 bridgehead atoms. The van der Waals surface area contributed by atoms with Crippen molar-refractivity contribution in [2.24, 2.45) is 5.41 Å². The van der Waals surface area contributed by atoms with Crippen molar-refractivity contribution in [2.75, 3.05) is 24.9 Å². The first-order chi connectivity index (χ1) is 13.3. The Bertz CT molecular complexity index is 997. The molecule has 7 heteroatoms. The van der Waals surface area contributed by atoms with E-state index in [1.54, 1.807) is 0 Å². The van der Waals surface area contributed by atoms with E-state index in [0.29, 0.717) is 6.42 Å². The topological polar surface area (TPSA) is 55.4 Å². The molecule has 4 rings (SSSR count). The number of fused-ring (bicyclic) bond motifs is 1. The molecule has 2 atom stereocenters. The van der Waals surface area contributed by atoms with E-state index in [9.17, 15) is 8.42 Å². The van der Waals surface area contributed by atoms with Gasteiger partial charge in [-0.2, -0.15) is 20.2 Å². The maximum absolute atomic E-state index is 11.4. The average Bonchev–Trinajstić information content (AvgIpc) is 3.00. The summed E-state index contributed by atoms with van der Waals surface area (Å²) in [6.07, 6.45) is 12.3. The van der Waals surface area contributed by atoms with Gasteiger partial charge in [-0.1, -0.05) is 29.8 Å². The lowest BCUT2D eigenvalue weighted by Gasteiger charge is -2.44. The molecule has 150 valence electrons. The Morgan fingerprint density at radius 1 is 1.39 bits per heavy atom. The molecule has 1 aromatic rings. The van der Waals surface area contributed by atoms with E-state index < -0.39 is 10.1 Å². The number of allylic oxidation sites excluding steroid dienone is 3. The lowest BCUT2D eigenvalue weighted by molar-refractivity contribution is 0.293. The highest BCUT2D eigenvalue weighted by Gasteiger charge is 2.49. The molecule has 4 nitrogen and oxygen atoms in total. The highest BCUT2D eigenvalue weighted by molar-refractivity contribution is 7.98. The third-order valence-electron chi connectivity index (χ3n) is 5.86. The monoisotopic (exact) mass is 437 g/mol. The minimum atomic E-state index is -3.45. The second kappa shape index (κ2) is 7.56. The Balaban J connectivity index is 1.76. The molecule has 2 unspecified atom stereocenters. The van der Waals surface area contributed by atoms with Crippen molar-refractivity contribution < 1.29 is 12.6 Å². The second-order valence-corrected chi connectivity index (χ2v) is 10.6. The van der Waals surface area contributed by atoms with Crippen LogP contribution in [0.3, 0.4) is 0 Å². The van der Waals surface area contributed by atoms with Gasteiger partial charge >= 0.3 is 0 Å². The standard InChI is InChI=1S/C21H24ClNO3S2/c1-27-13-14-4-3-8-21-11-15-10-16(22)5-6-17(15)18(7-9-26-28(2,24)25)19(21)12-23-20(14)21/h3-6,10,12,18,23H,7-9,11,13H2,1-2H3. The first kappa shape index (κ1) is 20.1. The van der Waals surface area contributed by atoms with Crippen molar-refractivity contribution in [3.8, 4) is 0 Å². The van der Waals surface area contributed by atoms with Crippen LogP contribution in [0.15, 0.2) is 53.4 Å². The van der Waals surface area contributed by atoms with Crippen LogP contribution in [0.4, 0.5) is 0 Å². The van der Waals surface area contributed by atoms with Crippen LogP contribution in [0, 0.1) is 5.41 Å². The summed E-state index contributed by atoms with van der Waals surface area (Å²) < 4.78 is 28.0. The van der Waals surface area contributed by atoms with Crippen LogP contribution in [0.25, 0.3) is 0 Å². The van der Waals surface area contributed by atoms with Crippen molar-refractivity contribution in [1.29, 1.82) is 0 Å². The number of nitrogens with one attached hydrogen (secondary N) is 1. The molecule has 1 aliphatic heterocycles. The fraction of sp³-hybridized carbons (Fsp3) is 0.429. The van der Waals surface area contributed by atoms with E-state index >= 15 is 0 Å². The third kappa shape index (κ3) is 3.56. The largest absolute Gasteiger partial charge is 0.364 e. The van der Waals surface area contributed by atoms with Crippen LogP contribution in [0.1, 0.15) is 29.9 Å². The summed E-state index contributed by atoms with van der Waals surface area (Å²) in [7, 11) is -3.45. The Morgan fingerprint density at radius 2 is 2.21 bits per heavy atom. The van der Waals surface area contributed by atoms with Crippen LogP contribution in [-0.2, 0) is 20.7 Å². The van der Waals surface area contributed by atoms with Crippen LogP contribution in [0.5, 0.6) is 0 Å². The predicted molar refractivity (Wildman–Crippen MR) is 116 cm³/mol. The van der Waals surface area contributed by atoms with E-state index in [4.69, 9.17) is 15.8 Å². The third-order valence-corrected chi connectivity index (χ3v) is 7.29. The molecule has 0 aromatic heterocycles. The van der Waals surface area contributed by atoms with Gasteiger partial charge in [0.25, 0.3) is 10.1 Å². The van der Waals surface area contributed by atoms with Crippen molar-refractivity contribution in [1.82, 2.24) is 5.32 Å². The van der Waals surface area contributed by atoms with E-state index in [2.05, 4.69) is 42.1 Å². The minimum Gasteiger partial charge on any atom is -0.364 e. The number of benzene rings is 1. The first-order valence-electron chi connectivity index (χ1n) is 9.33. The average molecular weight is 438 g/mol. The summed E-state index contributed by atoms with van der Waals surface area (Å²) in [5, 5.41) is 4.31. The second-order valence-electron chi connectivity index (χ2n) is 7.65. The van der Waals surface area contributed by atoms with Gasteiger partial charge in [-0.15, -0.1) is 0 Å². The molecule has 1 heterocycles. The summed E-state index contributed by atoms with van der Waals surface area (Å²) in [4.78, 5) is 0. The molecule has 1 spiro atoms. The Morgan fingerprint density at radius 3 is 2.96 bits per heavy atom. The van der Waals surface area contributed by atoms with Crippen molar-refractivity contribution in [2.45, 2.75) is 25.2 Å². The quantitative estimate of drug-likeness (QED) is 0.668. The number of rotatable bonds is 6. The normalized spacial score (nSPS) is 25.7. The molecule has 0 saturated heterocycles. The van der Waals surface area contributed by atoms with Crippen molar-refractivity contribution in [3.05, 3.63) is 69.5 Å². The molecule has 1 N–H and O–H groups in total. The number of hydrogen-bond donors (Lipinski definition) is 1. The smallest absolute Gasteiger partial charge is 0.264 e. The van der Waals surface area contributed by atoms with Gasteiger partial charge in [0.05, 0.1) is 12.9 Å². The van der Waals surface area contributed by atoms with E-state index in [-0.39, 0.29) is 17.9 Å². The van der Waals surface area contributed by atoms with Gasteiger partial charge in [0.1, 0.15) is 0 Å². The minimum absolute atomic E-state index is 0.0900. The van der Waals surface area contributed by atoms with Crippen molar-refractivity contribution >= 4 is 33.5 Å². The van der Waals surface area contributed by atoms with Crippen LogP contribution < -0.4 is 5.32 Å². The zero-order valence-electron chi connectivity index (χ0n) is 16.0. The predicted octanol–water partition coefficient (Wildman–Crippen LogP) is 4.40.